The fourth-order valence-corrected chi connectivity index (χ4v) is 8.42. The lowest BCUT2D eigenvalue weighted by Crippen LogP contribution is -2.48. The van der Waals surface area contributed by atoms with Crippen molar-refractivity contribution < 1.29 is 21.6 Å². The predicted molar refractivity (Wildman–Crippen MR) is 168 cm³/mol. The van der Waals surface area contributed by atoms with Crippen LogP contribution in [0.1, 0.15) is 63.0 Å². The third-order valence-corrected chi connectivity index (χ3v) is 12.2. The first-order chi connectivity index (χ1) is 20.0. The number of likely N-dealkylation sites (N-methyl/N-ethyl adjacent to an activating group) is 1. The Morgan fingerprint density at radius 2 is 1.50 bits per heavy atom. The molecule has 2 fully saturated rings. The lowest BCUT2D eigenvalue weighted by Gasteiger charge is -2.40. The molecule has 0 spiro atoms. The Hall–Kier alpha value is -2.27. The maximum absolute atomic E-state index is 13.2. The molecule has 1 amide bonds. The highest BCUT2D eigenvalue weighted by atomic mass is 32.2. The van der Waals surface area contributed by atoms with Gasteiger partial charge in [-0.25, -0.2) is 21.1 Å². The molecule has 2 aliphatic rings. The normalized spacial score (nSPS) is 19.0. The number of carbonyl (C=O) groups is 1. The van der Waals surface area contributed by atoms with Gasteiger partial charge in [-0.3, -0.25) is 4.79 Å². The van der Waals surface area contributed by atoms with Crippen molar-refractivity contribution in [3.63, 3.8) is 0 Å². The second kappa shape index (κ2) is 14.5. The van der Waals surface area contributed by atoms with Gasteiger partial charge in [0.25, 0.3) is 0 Å². The molecular weight excluding hydrogens is 571 g/mol. The highest BCUT2D eigenvalue weighted by Crippen LogP contribution is 2.36. The molecule has 2 aliphatic heterocycles. The Morgan fingerprint density at radius 1 is 0.881 bits per heavy atom. The summed E-state index contributed by atoms with van der Waals surface area (Å²) < 4.78 is 49.9. The van der Waals surface area contributed by atoms with Crippen molar-refractivity contribution in [3.05, 3.63) is 65.7 Å². The highest BCUT2D eigenvalue weighted by molar-refractivity contribution is 7.90. The van der Waals surface area contributed by atoms with Gasteiger partial charge < -0.3 is 9.80 Å². The van der Waals surface area contributed by atoms with E-state index in [9.17, 15) is 21.6 Å². The fourth-order valence-electron chi connectivity index (χ4n) is 6.66. The highest BCUT2D eigenvalue weighted by Gasteiger charge is 2.33. The predicted octanol–water partition coefficient (Wildman–Crippen LogP) is 4.18. The van der Waals surface area contributed by atoms with Crippen LogP contribution in [0.3, 0.4) is 0 Å². The number of hydrogen-bond acceptors (Lipinski definition) is 6. The first kappa shape index (κ1) is 32.6. The molecular formula is C32H47N3O5S2. The van der Waals surface area contributed by atoms with Gasteiger partial charge in [0.05, 0.1) is 17.1 Å². The van der Waals surface area contributed by atoms with E-state index in [1.54, 1.807) is 35.5 Å². The van der Waals surface area contributed by atoms with Crippen LogP contribution in [0, 0.1) is 5.92 Å². The van der Waals surface area contributed by atoms with Crippen LogP contribution in [-0.4, -0.2) is 94.2 Å². The fraction of sp³-hybridized carbons (Fsp3) is 0.594. The van der Waals surface area contributed by atoms with E-state index in [2.05, 4.69) is 29.2 Å². The molecule has 1 atom stereocenters. The Bertz CT molecular complexity index is 1360. The van der Waals surface area contributed by atoms with Crippen molar-refractivity contribution in [2.45, 2.75) is 69.2 Å². The zero-order chi connectivity index (χ0) is 30.3. The standard InChI is InChI=1S/C32H47N3O5S2/c1-4-35(32(36)25-26-11-13-30(14-12-26)41(3,37)38)29-17-20-33(21-18-29)22-19-31(27-9-7-6-8-10-27)28-15-23-34(24-16-28)42(39,40)5-2/h6-14,28-29,31H,4-5,15-25H2,1-3H3/t31-/m0/s1. The van der Waals surface area contributed by atoms with Gasteiger partial charge in [-0.1, -0.05) is 42.5 Å². The van der Waals surface area contributed by atoms with Gasteiger partial charge in [0.1, 0.15) is 0 Å². The zero-order valence-electron chi connectivity index (χ0n) is 25.3. The van der Waals surface area contributed by atoms with E-state index in [0.29, 0.717) is 31.5 Å². The summed E-state index contributed by atoms with van der Waals surface area (Å²) >= 11 is 0. The summed E-state index contributed by atoms with van der Waals surface area (Å²) in [7, 11) is -6.39. The molecule has 2 saturated heterocycles. The van der Waals surface area contributed by atoms with E-state index in [-0.39, 0.29) is 29.0 Å². The van der Waals surface area contributed by atoms with E-state index >= 15 is 0 Å². The summed E-state index contributed by atoms with van der Waals surface area (Å²) in [5, 5.41) is 0. The molecule has 2 heterocycles. The van der Waals surface area contributed by atoms with Crippen molar-refractivity contribution >= 4 is 25.8 Å². The summed E-state index contributed by atoms with van der Waals surface area (Å²) in [5.41, 5.74) is 2.17. The second-order valence-electron chi connectivity index (χ2n) is 11.8. The molecule has 2 aromatic rings. The number of amides is 1. The summed E-state index contributed by atoms with van der Waals surface area (Å²) in [6, 6.07) is 17.5. The minimum Gasteiger partial charge on any atom is -0.340 e. The van der Waals surface area contributed by atoms with Crippen molar-refractivity contribution in [2.75, 3.05) is 51.3 Å². The number of piperidine rings is 2. The molecule has 0 N–H and O–H groups in total. The number of carbonyl (C=O) groups excluding carboxylic acids is 1. The summed E-state index contributed by atoms with van der Waals surface area (Å²) in [5.74, 6) is 1.12. The van der Waals surface area contributed by atoms with Gasteiger partial charge in [0.15, 0.2) is 9.84 Å². The SMILES string of the molecule is CCN(C(=O)Cc1ccc(S(C)(=O)=O)cc1)C1CCN(CC[C@@H](c2ccccc2)C2CCN(S(=O)(=O)CC)CC2)CC1. The van der Waals surface area contributed by atoms with Gasteiger partial charge in [0, 0.05) is 45.0 Å². The summed E-state index contributed by atoms with van der Waals surface area (Å²) in [6.07, 6.45) is 6.17. The Kier molecular flexibility index (Phi) is 11.2. The molecule has 0 bridgehead atoms. The Labute approximate surface area is 253 Å². The third-order valence-electron chi connectivity index (χ3n) is 9.18. The molecule has 232 valence electrons. The quantitative estimate of drug-likeness (QED) is 0.355. The number of sulfonamides is 1. The molecule has 0 aromatic heterocycles. The van der Waals surface area contributed by atoms with Crippen LogP contribution < -0.4 is 0 Å². The van der Waals surface area contributed by atoms with Crippen molar-refractivity contribution in [3.8, 4) is 0 Å². The van der Waals surface area contributed by atoms with Gasteiger partial charge in [0.2, 0.25) is 15.9 Å². The minimum absolute atomic E-state index is 0.0867. The van der Waals surface area contributed by atoms with Gasteiger partial charge in [-0.2, -0.15) is 0 Å². The van der Waals surface area contributed by atoms with E-state index in [1.807, 2.05) is 17.9 Å². The largest absolute Gasteiger partial charge is 0.340 e. The number of rotatable bonds is 12. The number of benzene rings is 2. The molecule has 0 radical (unpaired) electrons. The monoisotopic (exact) mass is 617 g/mol. The topological polar surface area (TPSA) is 95.1 Å². The molecule has 8 nitrogen and oxygen atoms in total. The molecule has 0 aliphatic carbocycles. The summed E-state index contributed by atoms with van der Waals surface area (Å²) in [4.78, 5) is 18.0. The van der Waals surface area contributed by atoms with E-state index in [1.165, 1.54) is 11.8 Å². The van der Waals surface area contributed by atoms with E-state index in [4.69, 9.17) is 0 Å². The van der Waals surface area contributed by atoms with Crippen LogP contribution in [0.15, 0.2) is 59.5 Å². The molecule has 4 rings (SSSR count). The molecule has 10 heteroatoms. The summed E-state index contributed by atoms with van der Waals surface area (Å²) in [6.45, 7) is 8.52. The van der Waals surface area contributed by atoms with Gasteiger partial charge >= 0.3 is 0 Å². The van der Waals surface area contributed by atoms with Crippen molar-refractivity contribution in [1.29, 1.82) is 0 Å². The van der Waals surface area contributed by atoms with Crippen molar-refractivity contribution in [1.82, 2.24) is 14.1 Å². The Morgan fingerprint density at radius 3 is 2.05 bits per heavy atom. The van der Waals surface area contributed by atoms with Crippen LogP contribution in [0.25, 0.3) is 0 Å². The molecule has 0 unspecified atom stereocenters. The maximum Gasteiger partial charge on any atom is 0.227 e. The van der Waals surface area contributed by atoms with Gasteiger partial charge in [-0.15, -0.1) is 0 Å². The second-order valence-corrected chi connectivity index (χ2v) is 16.1. The van der Waals surface area contributed by atoms with Crippen LogP contribution in [0.2, 0.25) is 0 Å². The van der Waals surface area contributed by atoms with E-state index in [0.717, 1.165) is 57.3 Å². The molecule has 42 heavy (non-hydrogen) atoms. The number of nitrogens with zero attached hydrogens (tertiary/aromatic N) is 3. The van der Waals surface area contributed by atoms with Crippen LogP contribution in [-0.2, 0) is 31.1 Å². The zero-order valence-corrected chi connectivity index (χ0v) is 27.0. The Balaban J connectivity index is 1.30. The van der Waals surface area contributed by atoms with E-state index < -0.39 is 19.9 Å². The number of likely N-dealkylation sites (tertiary alicyclic amines) is 1. The average molecular weight is 618 g/mol. The molecule has 0 saturated carbocycles. The molecule has 2 aromatic carbocycles. The smallest absolute Gasteiger partial charge is 0.227 e. The first-order valence-corrected chi connectivity index (χ1v) is 18.9. The lowest BCUT2D eigenvalue weighted by atomic mass is 9.78. The average Bonchev–Trinajstić information content (AvgIpc) is 2.99. The lowest BCUT2D eigenvalue weighted by molar-refractivity contribution is -0.133. The maximum atomic E-state index is 13.2. The minimum atomic E-state index is -3.26. The first-order valence-electron chi connectivity index (χ1n) is 15.4. The van der Waals surface area contributed by atoms with Crippen LogP contribution in [0.5, 0.6) is 0 Å². The van der Waals surface area contributed by atoms with Crippen LogP contribution in [0.4, 0.5) is 0 Å². The number of sulfone groups is 1. The van der Waals surface area contributed by atoms with Gasteiger partial charge in [-0.05, 0) is 87.6 Å². The number of hydrogen-bond donors (Lipinski definition) is 0. The van der Waals surface area contributed by atoms with Crippen molar-refractivity contribution in [2.24, 2.45) is 5.92 Å². The van der Waals surface area contributed by atoms with Crippen LogP contribution >= 0.6 is 0 Å². The third kappa shape index (κ3) is 8.42.